The number of nitrogens with one attached hydrogen (secondary N) is 1. The minimum absolute atomic E-state index is 0.139. The van der Waals surface area contributed by atoms with E-state index in [1.54, 1.807) is 0 Å². The number of nitrogens with zero attached hydrogens (tertiary/aromatic N) is 2. The van der Waals surface area contributed by atoms with Gasteiger partial charge in [-0.15, -0.1) is 0 Å². The minimum Gasteiger partial charge on any atom is -0.396 e. The van der Waals surface area contributed by atoms with Crippen LogP contribution in [0, 0.1) is 5.41 Å². The molecule has 1 aromatic rings. The standard InChI is InChI=1S/C14H25N3O/c1-17-10-9-16-13(17)5-8-15-11-14(12-18)6-3-2-4-7-14/h9-10,15,18H,2-8,11-12H2,1H3. The minimum atomic E-state index is 0.139. The van der Waals surface area contributed by atoms with Crippen LogP contribution in [0.4, 0.5) is 0 Å². The Kier molecular flexibility index (Phi) is 4.78. The van der Waals surface area contributed by atoms with Crippen LogP contribution in [0.25, 0.3) is 0 Å². The van der Waals surface area contributed by atoms with Gasteiger partial charge in [0.15, 0.2) is 0 Å². The first-order chi connectivity index (χ1) is 8.76. The number of aliphatic hydroxyl groups is 1. The third-order valence-corrected chi connectivity index (χ3v) is 4.20. The molecule has 4 heteroatoms. The first kappa shape index (κ1) is 13.6. The van der Waals surface area contributed by atoms with E-state index in [4.69, 9.17) is 0 Å². The van der Waals surface area contributed by atoms with E-state index >= 15 is 0 Å². The van der Waals surface area contributed by atoms with Crippen LogP contribution in [0.3, 0.4) is 0 Å². The van der Waals surface area contributed by atoms with Gasteiger partial charge in [-0.25, -0.2) is 4.98 Å². The number of aliphatic hydroxyl groups excluding tert-OH is 1. The van der Waals surface area contributed by atoms with Crippen molar-refractivity contribution in [1.29, 1.82) is 0 Å². The quantitative estimate of drug-likeness (QED) is 0.753. The molecule has 2 N–H and O–H groups in total. The Morgan fingerprint density at radius 2 is 2.17 bits per heavy atom. The van der Waals surface area contributed by atoms with Gasteiger partial charge < -0.3 is 15.0 Å². The largest absolute Gasteiger partial charge is 0.396 e. The Hall–Kier alpha value is -0.870. The molecule has 1 aliphatic carbocycles. The predicted molar refractivity (Wildman–Crippen MR) is 72.4 cm³/mol. The SMILES string of the molecule is Cn1ccnc1CCNCC1(CO)CCCCC1. The maximum absolute atomic E-state index is 9.61. The van der Waals surface area contributed by atoms with Crippen molar-refractivity contribution in [1.82, 2.24) is 14.9 Å². The molecule has 0 radical (unpaired) electrons. The number of aromatic nitrogens is 2. The summed E-state index contributed by atoms with van der Waals surface area (Å²) in [5.41, 5.74) is 0.139. The Bertz CT molecular complexity index is 356. The fourth-order valence-electron chi connectivity index (χ4n) is 2.88. The zero-order valence-electron chi connectivity index (χ0n) is 11.4. The summed E-state index contributed by atoms with van der Waals surface area (Å²) in [6.07, 6.45) is 11.0. The lowest BCUT2D eigenvalue weighted by Crippen LogP contribution is -2.39. The molecule has 0 saturated heterocycles. The van der Waals surface area contributed by atoms with Gasteiger partial charge in [0, 0.05) is 51.0 Å². The second kappa shape index (κ2) is 6.34. The van der Waals surface area contributed by atoms with E-state index < -0.39 is 0 Å². The van der Waals surface area contributed by atoms with Crippen molar-refractivity contribution in [2.45, 2.75) is 38.5 Å². The summed E-state index contributed by atoms with van der Waals surface area (Å²) in [6, 6.07) is 0. The molecule has 1 fully saturated rings. The van der Waals surface area contributed by atoms with E-state index in [1.165, 1.54) is 32.1 Å². The maximum atomic E-state index is 9.61. The molecule has 2 rings (SSSR count). The summed E-state index contributed by atoms with van der Waals surface area (Å²) in [5.74, 6) is 1.11. The molecule has 0 aliphatic heterocycles. The molecule has 0 aromatic carbocycles. The molecular formula is C14H25N3O. The number of hydrogen-bond acceptors (Lipinski definition) is 3. The van der Waals surface area contributed by atoms with Crippen LogP contribution in [-0.2, 0) is 13.5 Å². The van der Waals surface area contributed by atoms with E-state index in [2.05, 4.69) is 14.9 Å². The smallest absolute Gasteiger partial charge is 0.109 e. The highest BCUT2D eigenvalue weighted by atomic mass is 16.3. The van der Waals surface area contributed by atoms with Crippen molar-refractivity contribution in [2.75, 3.05) is 19.7 Å². The van der Waals surface area contributed by atoms with Crippen LogP contribution in [0.5, 0.6) is 0 Å². The van der Waals surface area contributed by atoms with E-state index in [0.717, 1.165) is 25.3 Å². The van der Waals surface area contributed by atoms with E-state index in [9.17, 15) is 5.11 Å². The topological polar surface area (TPSA) is 50.1 Å². The van der Waals surface area contributed by atoms with Crippen LogP contribution in [0.2, 0.25) is 0 Å². The zero-order chi connectivity index (χ0) is 12.8. The summed E-state index contributed by atoms with van der Waals surface area (Å²) in [5, 5.41) is 13.1. The summed E-state index contributed by atoms with van der Waals surface area (Å²) < 4.78 is 2.06. The maximum Gasteiger partial charge on any atom is 0.109 e. The van der Waals surface area contributed by atoms with Gasteiger partial charge >= 0.3 is 0 Å². The van der Waals surface area contributed by atoms with E-state index in [0.29, 0.717) is 6.61 Å². The lowest BCUT2D eigenvalue weighted by Gasteiger charge is -2.35. The molecule has 1 aliphatic rings. The summed E-state index contributed by atoms with van der Waals surface area (Å²) in [4.78, 5) is 4.31. The highest BCUT2D eigenvalue weighted by Crippen LogP contribution is 2.35. The Morgan fingerprint density at radius 1 is 1.39 bits per heavy atom. The normalized spacial score (nSPS) is 19.0. The first-order valence-electron chi connectivity index (χ1n) is 7.04. The van der Waals surface area contributed by atoms with Crippen molar-refractivity contribution in [3.63, 3.8) is 0 Å². The van der Waals surface area contributed by atoms with E-state index in [1.807, 2.05) is 19.4 Å². The second-order valence-corrected chi connectivity index (χ2v) is 5.60. The number of aryl methyl sites for hydroxylation is 1. The van der Waals surface area contributed by atoms with E-state index in [-0.39, 0.29) is 5.41 Å². The van der Waals surface area contributed by atoms with Crippen LogP contribution in [0.15, 0.2) is 12.4 Å². The molecule has 0 bridgehead atoms. The lowest BCUT2D eigenvalue weighted by atomic mass is 9.74. The summed E-state index contributed by atoms with van der Waals surface area (Å²) in [7, 11) is 2.03. The third kappa shape index (κ3) is 3.33. The van der Waals surface area contributed by atoms with Crippen molar-refractivity contribution >= 4 is 0 Å². The van der Waals surface area contributed by atoms with Gasteiger partial charge in [-0.05, 0) is 12.8 Å². The molecule has 0 spiro atoms. The molecule has 0 amide bonds. The summed E-state index contributed by atoms with van der Waals surface area (Å²) in [6.45, 7) is 2.20. The van der Waals surface area contributed by atoms with Crippen LogP contribution in [0.1, 0.15) is 37.9 Å². The monoisotopic (exact) mass is 251 g/mol. The average molecular weight is 251 g/mol. The molecular weight excluding hydrogens is 226 g/mol. The predicted octanol–water partition coefficient (Wildman–Crippen LogP) is 1.49. The van der Waals surface area contributed by atoms with Gasteiger partial charge in [-0.2, -0.15) is 0 Å². The van der Waals surface area contributed by atoms with Gasteiger partial charge in [0.25, 0.3) is 0 Å². The first-order valence-corrected chi connectivity index (χ1v) is 7.04. The van der Waals surface area contributed by atoms with Gasteiger partial charge in [-0.3, -0.25) is 0 Å². The van der Waals surface area contributed by atoms with Gasteiger partial charge in [-0.1, -0.05) is 19.3 Å². The van der Waals surface area contributed by atoms with Crippen molar-refractivity contribution in [3.05, 3.63) is 18.2 Å². The summed E-state index contributed by atoms with van der Waals surface area (Å²) >= 11 is 0. The molecule has 1 saturated carbocycles. The van der Waals surface area contributed by atoms with Crippen molar-refractivity contribution in [2.24, 2.45) is 12.5 Å². The van der Waals surface area contributed by atoms with Crippen molar-refractivity contribution in [3.8, 4) is 0 Å². The molecule has 1 heterocycles. The third-order valence-electron chi connectivity index (χ3n) is 4.20. The Balaban J connectivity index is 1.72. The number of hydrogen-bond donors (Lipinski definition) is 2. The molecule has 1 aromatic heterocycles. The number of imidazole rings is 1. The molecule has 0 atom stereocenters. The zero-order valence-corrected chi connectivity index (χ0v) is 11.4. The number of rotatable bonds is 6. The molecule has 0 unspecified atom stereocenters. The molecule has 4 nitrogen and oxygen atoms in total. The second-order valence-electron chi connectivity index (χ2n) is 5.60. The van der Waals surface area contributed by atoms with Crippen LogP contribution >= 0.6 is 0 Å². The van der Waals surface area contributed by atoms with Gasteiger partial charge in [0.2, 0.25) is 0 Å². The van der Waals surface area contributed by atoms with Crippen LogP contribution in [-0.4, -0.2) is 34.4 Å². The Labute approximate surface area is 109 Å². The van der Waals surface area contributed by atoms with Crippen molar-refractivity contribution < 1.29 is 5.11 Å². The van der Waals surface area contributed by atoms with Crippen LogP contribution < -0.4 is 5.32 Å². The van der Waals surface area contributed by atoms with Gasteiger partial charge in [0.1, 0.15) is 5.82 Å². The highest BCUT2D eigenvalue weighted by Gasteiger charge is 2.30. The molecule has 102 valence electrons. The fourth-order valence-corrected chi connectivity index (χ4v) is 2.88. The lowest BCUT2D eigenvalue weighted by molar-refractivity contribution is 0.0816. The molecule has 18 heavy (non-hydrogen) atoms. The highest BCUT2D eigenvalue weighted by molar-refractivity contribution is 4.92. The average Bonchev–Trinajstić information content (AvgIpc) is 2.82. The van der Waals surface area contributed by atoms with Gasteiger partial charge in [0.05, 0.1) is 0 Å². The fraction of sp³-hybridized carbons (Fsp3) is 0.786. The Morgan fingerprint density at radius 3 is 2.78 bits per heavy atom.